The van der Waals surface area contributed by atoms with E-state index in [2.05, 4.69) is 20.6 Å². The molecule has 1 aliphatic rings. The van der Waals surface area contributed by atoms with Gasteiger partial charge in [0.25, 0.3) is 0 Å². The number of rotatable bonds is 11. The predicted molar refractivity (Wildman–Crippen MR) is 180 cm³/mol. The van der Waals surface area contributed by atoms with Gasteiger partial charge in [0.15, 0.2) is 16.7 Å². The number of hydrogen-bond acceptors (Lipinski definition) is 8. The zero-order valence-electron chi connectivity index (χ0n) is 24.5. The molecule has 4 heterocycles. The van der Waals surface area contributed by atoms with E-state index in [4.69, 9.17) is 21.7 Å². The van der Waals surface area contributed by atoms with Crippen LogP contribution in [0.25, 0.3) is 20.8 Å². The summed E-state index contributed by atoms with van der Waals surface area (Å²) in [7, 11) is 0. The molecule has 2 amide bonds. The highest BCUT2D eigenvalue weighted by Crippen LogP contribution is 2.39. The molecule has 230 valence electrons. The summed E-state index contributed by atoms with van der Waals surface area (Å²) in [5.41, 5.74) is 3.83. The number of aromatic nitrogens is 2. The van der Waals surface area contributed by atoms with Gasteiger partial charge in [-0.1, -0.05) is 24.3 Å². The van der Waals surface area contributed by atoms with Crippen molar-refractivity contribution in [1.29, 1.82) is 0 Å². The highest BCUT2D eigenvalue weighted by atomic mass is 32.1. The van der Waals surface area contributed by atoms with Crippen molar-refractivity contribution in [2.24, 2.45) is 0 Å². The van der Waals surface area contributed by atoms with Crippen LogP contribution in [-0.4, -0.2) is 58.9 Å². The first kappa shape index (κ1) is 30.5. The lowest BCUT2D eigenvalue weighted by Crippen LogP contribution is -2.38. The van der Waals surface area contributed by atoms with E-state index in [1.807, 2.05) is 66.6 Å². The highest BCUT2D eigenvalue weighted by molar-refractivity contribution is 7.80. The van der Waals surface area contributed by atoms with E-state index in [9.17, 15) is 4.79 Å². The van der Waals surface area contributed by atoms with Crippen molar-refractivity contribution in [1.82, 2.24) is 20.2 Å². The fourth-order valence-corrected chi connectivity index (χ4v) is 6.27. The van der Waals surface area contributed by atoms with Crippen LogP contribution in [0.5, 0.6) is 11.5 Å². The fraction of sp³-hybridized carbons (Fsp3) is 0.212. The van der Waals surface area contributed by atoms with Crippen LogP contribution < -0.4 is 20.3 Å². The van der Waals surface area contributed by atoms with Crippen LogP contribution in [0.15, 0.2) is 85.2 Å². The molecule has 6 rings (SSSR count). The number of amides is 2. The second-order valence-electron chi connectivity index (χ2n) is 10.2. The number of thiocarbonyl (C=S) groups is 1. The van der Waals surface area contributed by atoms with Gasteiger partial charge in [-0.2, -0.15) is 0 Å². The van der Waals surface area contributed by atoms with Crippen LogP contribution in [-0.2, 0) is 11.3 Å². The molecule has 0 spiro atoms. The summed E-state index contributed by atoms with van der Waals surface area (Å²) < 4.78 is 27.4. The molecule has 45 heavy (non-hydrogen) atoms. The van der Waals surface area contributed by atoms with E-state index in [0.29, 0.717) is 49.4 Å². The molecule has 0 bridgehead atoms. The van der Waals surface area contributed by atoms with Gasteiger partial charge in [-0.25, -0.2) is 9.18 Å². The predicted octanol–water partition coefficient (Wildman–Crippen LogP) is 7.05. The van der Waals surface area contributed by atoms with Crippen molar-refractivity contribution in [2.45, 2.75) is 13.5 Å². The van der Waals surface area contributed by atoms with Gasteiger partial charge in [-0.05, 0) is 61.1 Å². The maximum absolute atomic E-state index is 15.2. The molecule has 1 fully saturated rings. The third-order valence-electron chi connectivity index (χ3n) is 7.13. The monoisotopic (exact) mass is 642 g/mol. The Morgan fingerprint density at radius 1 is 1.04 bits per heavy atom. The van der Waals surface area contributed by atoms with E-state index in [0.717, 1.165) is 38.6 Å². The SMILES string of the molecule is CCOCCNCc1ccc(-c2cc3nccc(Oc4ccc(NC(=O)N5CCN(c6ccccc6)C5=S)cc4F)c3s2)nc1. The van der Waals surface area contributed by atoms with E-state index >= 15 is 4.39 Å². The second kappa shape index (κ2) is 14.1. The number of urea groups is 1. The minimum Gasteiger partial charge on any atom is -0.453 e. The lowest BCUT2D eigenvalue weighted by Gasteiger charge is -2.21. The first-order chi connectivity index (χ1) is 22.0. The van der Waals surface area contributed by atoms with Crippen molar-refractivity contribution in [3.8, 4) is 22.1 Å². The number of pyridine rings is 2. The Bertz CT molecular complexity index is 1800. The number of ether oxygens (including phenoxy) is 2. The quantitative estimate of drug-likeness (QED) is 0.117. The van der Waals surface area contributed by atoms with Crippen LogP contribution in [0.2, 0.25) is 0 Å². The highest BCUT2D eigenvalue weighted by Gasteiger charge is 2.30. The lowest BCUT2D eigenvalue weighted by atomic mass is 10.2. The minimum absolute atomic E-state index is 0.0294. The number of para-hydroxylation sites is 1. The van der Waals surface area contributed by atoms with Crippen LogP contribution in [0.3, 0.4) is 0 Å². The standard InChI is InChI=1S/C33H31FN6O3S2/c1-2-42-17-14-35-20-22-8-10-26(37-21-22)30-19-27-31(45-30)29(12-13-36-27)43-28-11-9-23(18-25(28)34)38-32(41)40-16-15-39(33(40)44)24-6-4-3-5-7-24/h3-13,18-19,21,35H,2,14-17,20H2,1H3,(H,38,41). The molecule has 2 N–H and O–H groups in total. The molecular formula is C33H31FN6O3S2. The van der Waals surface area contributed by atoms with E-state index in [-0.39, 0.29) is 5.75 Å². The van der Waals surface area contributed by atoms with Gasteiger partial charge in [0.2, 0.25) is 0 Å². The molecule has 0 atom stereocenters. The average molecular weight is 643 g/mol. The van der Waals surface area contributed by atoms with Crippen molar-refractivity contribution >= 4 is 56.3 Å². The number of carbonyl (C=O) groups excluding carboxylic acids is 1. The van der Waals surface area contributed by atoms with Gasteiger partial charge >= 0.3 is 6.03 Å². The lowest BCUT2D eigenvalue weighted by molar-refractivity contribution is 0.149. The van der Waals surface area contributed by atoms with Crippen molar-refractivity contribution in [2.75, 3.05) is 43.1 Å². The Morgan fingerprint density at radius 2 is 1.91 bits per heavy atom. The summed E-state index contributed by atoms with van der Waals surface area (Å²) >= 11 is 7.02. The largest absolute Gasteiger partial charge is 0.453 e. The van der Waals surface area contributed by atoms with E-state index in [1.165, 1.54) is 28.4 Å². The average Bonchev–Trinajstić information content (AvgIpc) is 3.67. The smallest absolute Gasteiger partial charge is 0.328 e. The number of nitrogens with zero attached hydrogens (tertiary/aromatic N) is 4. The third kappa shape index (κ3) is 7.10. The normalized spacial score (nSPS) is 13.1. The minimum atomic E-state index is -0.614. The second-order valence-corrected chi connectivity index (χ2v) is 11.6. The van der Waals surface area contributed by atoms with Gasteiger partial charge in [-0.15, -0.1) is 11.3 Å². The van der Waals surface area contributed by atoms with Crippen LogP contribution in [0.4, 0.5) is 20.6 Å². The molecule has 0 radical (unpaired) electrons. The summed E-state index contributed by atoms with van der Waals surface area (Å²) in [4.78, 5) is 26.4. The number of hydrogen-bond donors (Lipinski definition) is 2. The Labute approximate surface area is 269 Å². The van der Waals surface area contributed by atoms with Gasteiger partial charge in [0.1, 0.15) is 5.75 Å². The summed E-state index contributed by atoms with van der Waals surface area (Å²) in [6.45, 7) is 5.85. The third-order valence-corrected chi connectivity index (χ3v) is 8.74. The number of carbonyl (C=O) groups is 1. The number of benzene rings is 2. The maximum atomic E-state index is 15.2. The Kier molecular flexibility index (Phi) is 9.55. The van der Waals surface area contributed by atoms with Gasteiger partial charge in [-0.3, -0.25) is 14.9 Å². The maximum Gasteiger partial charge on any atom is 0.328 e. The number of halogens is 1. The Balaban J connectivity index is 1.10. The molecule has 1 saturated heterocycles. The van der Waals surface area contributed by atoms with Gasteiger partial charge in [0, 0.05) is 68.7 Å². The van der Waals surface area contributed by atoms with E-state index < -0.39 is 11.8 Å². The molecule has 0 saturated carbocycles. The van der Waals surface area contributed by atoms with Gasteiger partial charge in [0.05, 0.1) is 27.4 Å². The van der Waals surface area contributed by atoms with E-state index in [1.54, 1.807) is 18.3 Å². The molecule has 9 nitrogen and oxygen atoms in total. The Morgan fingerprint density at radius 3 is 2.69 bits per heavy atom. The zero-order chi connectivity index (χ0) is 31.2. The molecule has 3 aromatic heterocycles. The number of nitrogens with one attached hydrogen (secondary N) is 2. The Hall–Kier alpha value is -4.49. The molecule has 12 heteroatoms. The number of thiophene rings is 1. The van der Waals surface area contributed by atoms with Crippen molar-refractivity contribution in [3.63, 3.8) is 0 Å². The fourth-order valence-electron chi connectivity index (χ4n) is 4.86. The van der Waals surface area contributed by atoms with Gasteiger partial charge < -0.3 is 25.0 Å². The van der Waals surface area contributed by atoms with Crippen molar-refractivity contribution in [3.05, 3.63) is 96.6 Å². The summed E-state index contributed by atoms with van der Waals surface area (Å²) in [6.07, 6.45) is 3.48. The zero-order valence-corrected chi connectivity index (χ0v) is 26.2. The number of fused-ring (bicyclic) bond motifs is 1. The molecule has 0 unspecified atom stereocenters. The summed E-state index contributed by atoms with van der Waals surface area (Å²) in [5.74, 6) is -0.108. The first-order valence-electron chi connectivity index (χ1n) is 14.5. The summed E-state index contributed by atoms with van der Waals surface area (Å²) in [5, 5.41) is 6.48. The van der Waals surface area contributed by atoms with Crippen LogP contribution >= 0.6 is 23.6 Å². The molecule has 0 aliphatic carbocycles. The topological polar surface area (TPSA) is 91.8 Å². The number of anilines is 2. The molecule has 2 aromatic carbocycles. The first-order valence-corrected chi connectivity index (χ1v) is 15.8. The molecule has 5 aromatic rings. The molecular weight excluding hydrogens is 612 g/mol. The van der Waals surface area contributed by atoms with Crippen LogP contribution in [0.1, 0.15) is 12.5 Å². The summed E-state index contributed by atoms with van der Waals surface area (Å²) in [6, 6.07) is 21.2. The van der Waals surface area contributed by atoms with Crippen molar-refractivity contribution < 1.29 is 18.7 Å². The molecule has 1 aliphatic heterocycles. The van der Waals surface area contributed by atoms with Crippen LogP contribution in [0, 0.1) is 5.82 Å².